The number of carbonyl (C=O) groups excluding carboxylic acids is 2. The molecule has 2 amide bonds. The molecule has 8 rings (SSSR count). The van der Waals surface area contributed by atoms with Crippen molar-refractivity contribution in [1.82, 2.24) is 34.8 Å². The zero-order valence-electron chi connectivity index (χ0n) is 23.2. The van der Waals surface area contributed by atoms with Crippen LogP contribution in [0.25, 0.3) is 5.52 Å². The lowest BCUT2D eigenvalue weighted by Gasteiger charge is -2.34. The van der Waals surface area contributed by atoms with Crippen molar-refractivity contribution in [2.45, 2.75) is 57.4 Å². The van der Waals surface area contributed by atoms with Gasteiger partial charge in [0.2, 0.25) is 11.8 Å². The van der Waals surface area contributed by atoms with Crippen molar-refractivity contribution in [2.24, 2.45) is 17.8 Å². The number of fused-ring (bicyclic) bond motifs is 2. The fourth-order valence-electron chi connectivity index (χ4n) is 6.05. The summed E-state index contributed by atoms with van der Waals surface area (Å²) in [5.74, 6) is 2.01. The first-order chi connectivity index (χ1) is 20.3. The van der Waals surface area contributed by atoms with Crippen molar-refractivity contribution in [3.63, 3.8) is 0 Å². The number of piperidine rings is 1. The number of nitrogens with one attached hydrogen (secondary N) is 1. The minimum Gasteiger partial charge on any atom is -0.757 e. The summed E-state index contributed by atoms with van der Waals surface area (Å²) in [5, 5.41) is 29.4. The van der Waals surface area contributed by atoms with E-state index < -0.39 is 6.04 Å². The van der Waals surface area contributed by atoms with E-state index in [4.69, 9.17) is 5.10 Å². The van der Waals surface area contributed by atoms with E-state index in [0.717, 1.165) is 36.3 Å². The Kier molecular flexibility index (Phi) is 5.55. The van der Waals surface area contributed by atoms with Crippen LogP contribution in [0.5, 0.6) is 0 Å². The monoisotopic (exact) mass is 565 g/mol. The number of hydrogen-bond donors (Lipinski definition) is 1. The van der Waals surface area contributed by atoms with Crippen molar-refractivity contribution < 1.29 is 9.59 Å². The molecule has 13 heteroatoms. The van der Waals surface area contributed by atoms with Crippen LogP contribution in [-0.2, 0) is 9.59 Å². The van der Waals surface area contributed by atoms with Crippen LogP contribution in [0.3, 0.4) is 0 Å². The molecule has 2 unspecified atom stereocenters. The third-order valence-corrected chi connectivity index (χ3v) is 8.89. The van der Waals surface area contributed by atoms with Gasteiger partial charge in [-0.1, -0.05) is 0 Å². The number of aryl methyl sites for hydroxylation is 1. The Labute approximate surface area is 241 Å². The van der Waals surface area contributed by atoms with Crippen LogP contribution in [0, 0.1) is 29.9 Å². The van der Waals surface area contributed by atoms with Crippen molar-refractivity contribution >= 4 is 34.9 Å². The van der Waals surface area contributed by atoms with E-state index in [1.54, 1.807) is 17.6 Å². The van der Waals surface area contributed by atoms with Gasteiger partial charge in [0.25, 0.3) is 5.95 Å². The van der Waals surface area contributed by atoms with E-state index >= 15 is 0 Å². The molecule has 4 aromatic heterocycles. The van der Waals surface area contributed by atoms with Crippen LogP contribution in [0.15, 0.2) is 36.7 Å². The Morgan fingerprint density at radius 1 is 1.17 bits per heavy atom. The van der Waals surface area contributed by atoms with Crippen LogP contribution < -0.4 is 15.3 Å². The molecular formula is C29H29N10O3-. The minimum absolute atomic E-state index is 0.00733. The van der Waals surface area contributed by atoms with Crippen molar-refractivity contribution in [2.75, 3.05) is 21.8 Å². The number of pyridine rings is 1. The lowest BCUT2D eigenvalue weighted by atomic mass is 10.1. The van der Waals surface area contributed by atoms with Gasteiger partial charge in [0, 0.05) is 36.2 Å². The van der Waals surface area contributed by atoms with Gasteiger partial charge in [-0.05, 0) is 81.2 Å². The summed E-state index contributed by atoms with van der Waals surface area (Å²) in [4.78, 5) is 40.6. The van der Waals surface area contributed by atoms with E-state index in [0.29, 0.717) is 41.4 Å². The number of aromatic nitrogens is 7. The van der Waals surface area contributed by atoms with Gasteiger partial charge >= 0.3 is 0 Å². The Bertz CT molecular complexity index is 1750. The first-order valence-electron chi connectivity index (χ1n) is 14.5. The maximum atomic E-state index is 13.4. The standard InChI is InChI=1S/C29H29N10O3/c1-14-5-6-30-26(32-14)21-11-22(21)27(40)34-29-33-24(12-31-35-29)39(42)15(2)23-10-19-7-17(16-3-4-16)9-25(38(19)36-23)37-13-18-8-20(18)28(37)41/h5-7,9-10,12,15-16,18,20-22H,3-4,8,11,13H2,1-2H3,(H,33,34,35,40)/q-1/t15-,18?,20?,21+,22+/m1/s1. The predicted molar refractivity (Wildman–Crippen MR) is 151 cm³/mol. The Morgan fingerprint density at radius 3 is 2.79 bits per heavy atom. The molecule has 1 saturated heterocycles. The molecular weight excluding hydrogens is 536 g/mol. The van der Waals surface area contributed by atoms with Crippen LogP contribution in [0.4, 0.5) is 17.6 Å². The lowest BCUT2D eigenvalue weighted by Crippen LogP contribution is -2.30. The smallest absolute Gasteiger partial charge is 0.251 e. The zero-order valence-corrected chi connectivity index (χ0v) is 23.2. The van der Waals surface area contributed by atoms with E-state index in [1.165, 1.54) is 11.8 Å². The van der Waals surface area contributed by atoms with Gasteiger partial charge in [-0.3, -0.25) is 19.8 Å². The van der Waals surface area contributed by atoms with Crippen LogP contribution in [0.1, 0.15) is 73.3 Å². The SMILES string of the molecule is Cc1ccnc([C@H]2C[C@@H]2C(=O)Nc2nncc(N([O-])[C@H](C)c3cc4cc(C5CC5)cc(N5CC6CC6C5=O)n4n3)n2)n1. The molecule has 0 bridgehead atoms. The van der Waals surface area contributed by atoms with Gasteiger partial charge in [-0.15, -0.1) is 5.10 Å². The highest BCUT2D eigenvalue weighted by Crippen LogP contribution is 2.49. The lowest BCUT2D eigenvalue weighted by molar-refractivity contribution is -0.119. The van der Waals surface area contributed by atoms with Gasteiger partial charge in [0.1, 0.15) is 17.5 Å². The van der Waals surface area contributed by atoms with Crippen LogP contribution in [0.2, 0.25) is 0 Å². The highest BCUT2D eigenvalue weighted by atomic mass is 16.5. The third kappa shape index (κ3) is 4.35. The minimum atomic E-state index is -0.712. The average Bonchev–Trinajstić information content (AvgIpc) is 3.90. The van der Waals surface area contributed by atoms with Gasteiger partial charge < -0.3 is 10.3 Å². The molecule has 5 heterocycles. The molecule has 13 nitrogen and oxygen atoms in total. The number of anilines is 3. The van der Waals surface area contributed by atoms with E-state index in [2.05, 4.69) is 42.6 Å². The molecule has 4 aromatic rings. The molecule has 42 heavy (non-hydrogen) atoms. The second-order valence-corrected chi connectivity index (χ2v) is 12.0. The molecule has 4 aliphatic rings. The van der Waals surface area contributed by atoms with Gasteiger partial charge in [0.15, 0.2) is 0 Å². The van der Waals surface area contributed by atoms with E-state index in [1.807, 2.05) is 24.0 Å². The molecule has 3 saturated carbocycles. The Hall–Kier alpha value is -4.52. The normalized spacial score (nSPS) is 24.9. The molecule has 214 valence electrons. The number of hydrogen-bond acceptors (Lipinski definition) is 10. The fraction of sp³-hybridized carbons (Fsp3) is 0.448. The molecule has 0 spiro atoms. The summed E-state index contributed by atoms with van der Waals surface area (Å²) in [6.45, 7) is 4.34. The number of carbonyl (C=O) groups is 2. The highest BCUT2D eigenvalue weighted by molar-refractivity contribution is 5.99. The number of amides is 2. The first-order valence-corrected chi connectivity index (χ1v) is 14.5. The summed E-state index contributed by atoms with van der Waals surface area (Å²) in [7, 11) is 0. The molecule has 3 aliphatic carbocycles. The van der Waals surface area contributed by atoms with Crippen molar-refractivity contribution in [3.05, 3.63) is 64.6 Å². The average molecular weight is 566 g/mol. The largest absolute Gasteiger partial charge is 0.757 e. The summed E-state index contributed by atoms with van der Waals surface area (Å²) in [6, 6.07) is 7.19. The molecule has 4 fully saturated rings. The predicted octanol–water partition coefficient (Wildman–Crippen LogP) is 3.29. The van der Waals surface area contributed by atoms with E-state index in [-0.39, 0.29) is 41.3 Å². The Morgan fingerprint density at radius 2 is 2.02 bits per heavy atom. The second-order valence-electron chi connectivity index (χ2n) is 12.0. The maximum absolute atomic E-state index is 13.4. The summed E-state index contributed by atoms with van der Waals surface area (Å²) < 4.78 is 1.78. The molecule has 0 radical (unpaired) electrons. The molecule has 1 aliphatic heterocycles. The highest BCUT2D eigenvalue weighted by Gasteiger charge is 2.53. The van der Waals surface area contributed by atoms with E-state index in [9.17, 15) is 14.8 Å². The first kappa shape index (κ1) is 25.2. The molecule has 0 aromatic carbocycles. The number of nitrogens with zero attached hydrogens (tertiary/aromatic N) is 9. The topological polar surface area (TPSA) is 157 Å². The quantitative estimate of drug-likeness (QED) is 0.314. The summed E-state index contributed by atoms with van der Waals surface area (Å²) >= 11 is 0. The summed E-state index contributed by atoms with van der Waals surface area (Å²) in [5.41, 5.74) is 3.45. The van der Waals surface area contributed by atoms with Crippen LogP contribution in [-0.4, -0.2) is 53.1 Å². The van der Waals surface area contributed by atoms with Gasteiger partial charge in [-0.25, -0.2) is 14.5 Å². The number of rotatable bonds is 8. The van der Waals surface area contributed by atoms with Crippen molar-refractivity contribution in [1.29, 1.82) is 0 Å². The van der Waals surface area contributed by atoms with Gasteiger partial charge in [0.05, 0.1) is 23.4 Å². The maximum Gasteiger partial charge on any atom is 0.251 e. The zero-order chi connectivity index (χ0) is 28.7. The number of hydroxylamine groups is 1. The van der Waals surface area contributed by atoms with Crippen LogP contribution >= 0.6 is 0 Å². The molecule has 1 N–H and O–H groups in total. The Balaban J connectivity index is 1.01. The second kappa shape index (κ2) is 9.24. The van der Waals surface area contributed by atoms with Crippen molar-refractivity contribution in [3.8, 4) is 0 Å². The fourth-order valence-corrected chi connectivity index (χ4v) is 6.05. The summed E-state index contributed by atoms with van der Waals surface area (Å²) in [6.07, 6.45) is 6.85. The van der Waals surface area contributed by atoms with Gasteiger partial charge in [-0.2, -0.15) is 15.2 Å². The third-order valence-electron chi connectivity index (χ3n) is 8.89. The molecule has 5 atom stereocenters.